The second-order valence-electron chi connectivity index (χ2n) is 5.83. The molecule has 0 bridgehead atoms. The summed E-state index contributed by atoms with van der Waals surface area (Å²) in [5, 5.41) is 3.33. The van der Waals surface area contributed by atoms with E-state index in [0.29, 0.717) is 6.42 Å². The van der Waals surface area contributed by atoms with E-state index < -0.39 is 0 Å². The first kappa shape index (κ1) is 15.8. The fourth-order valence-electron chi connectivity index (χ4n) is 2.55. The Balaban J connectivity index is 1.69. The van der Waals surface area contributed by atoms with Gasteiger partial charge >= 0.3 is 0 Å². The highest BCUT2D eigenvalue weighted by Gasteiger charge is 2.16. The summed E-state index contributed by atoms with van der Waals surface area (Å²) in [7, 11) is 0. The molecule has 1 amide bonds. The molecule has 1 aromatic carbocycles. The van der Waals surface area contributed by atoms with Gasteiger partial charge in [0.05, 0.1) is 6.10 Å². The normalized spacial score (nSPS) is 14.7. The largest absolute Gasteiger partial charge is 0.491 e. The van der Waals surface area contributed by atoms with Crippen LogP contribution in [0.2, 0.25) is 0 Å². The van der Waals surface area contributed by atoms with Gasteiger partial charge in [-0.1, -0.05) is 12.1 Å². The standard InChI is InChI=1S/C17H26N2O2/c1-14(2)21-16-7-5-6-15(12-16)13-18-9-8-17(20)19-10-3-4-11-19/h5-7,12,14,18H,3-4,8-11,13H2,1-2H3. The van der Waals surface area contributed by atoms with E-state index in [1.165, 1.54) is 5.56 Å². The van der Waals surface area contributed by atoms with Crippen molar-refractivity contribution in [2.24, 2.45) is 0 Å². The molecule has 1 saturated heterocycles. The van der Waals surface area contributed by atoms with Crippen LogP contribution in [0.15, 0.2) is 24.3 Å². The summed E-state index contributed by atoms with van der Waals surface area (Å²) in [5.41, 5.74) is 1.18. The van der Waals surface area contributed by atoms with E-state index in [9.17, 15) is 4.79 Å². The van der Waals surface area contributed by atoms with E-state index >= 15 is 0 Å². The number of hydrogen-bond donors (Lipinski definition) is 1. The molecule has 1 fully saturated rings. The lowest BCUT2D eigenvalue weighted by Crippen LogP contribution is -2.30. The SMILES string of the molecule is CC(C)Oc1cccc(CNCCC(=O)N2CCCC2)c1. The average molecular weight is 290 g/mol. The third-order valence-electron chi connectivity index (χ3n) is 3.57. The summed E-state index contributed by atoms with van der Waals surface area (Å²) in [5.74, 6) is 1.18. The minimum atomic E-state index is 0.186. The van der Waals surface area contributed by atoms with E-state index in [-0.39, 0.29) is 12.0 Å². The van der Waals surface area contributed by atoms with Gasteiger partial charge in [0, 0.05) is 32.6 Å². The zero-order chi connectivity index (χ0) is 15.1. The van der Waals surface area contributed by atoms with E-state index in [1.807, 2.05) is 30.9 Å². The predicted molar refractivity (Wildman–Crippen MR) is 84.3 cm³/mol. The molecule has 1 N–H and O–H groups in total. The van der Waals surface area contributed by atoms with Crippen LogP contribution in [0.4, 0.5) is 0 Å². The molecule has 0 atom stereocenters. The maximum atomic E-state index is 11.9. The maximum Gasteiger partial charge on any atom is 0.223 e. The summed E-state index contributed by atoms with van der Waals surface area (Å²) in [6.07, 6.45) is 3.08. The van der Waals surface area contributed by atoms with E-state index in [2.05, 4.69) is 17.4 Å². The highest BCUT2D eigenvalue weighted by molar-refractivity contribution is 5.76. The Morgan fingerprint density at radius 2 is 2.10 bits per heavy atom. The summed E-state index contributed by atoms with van der Waals surface area (Å²) in [4.78, 5) is 13.9. The lowest BCUT2D eigenvalue weighted by molar-refractivity contribution is -0.130. The molecule has 2 rings (SSSR count). The molecule has 0 spiro atoms. The van der Waals surface area contributed by atoms with Crippen molar-refractivity contribution in [2.75, 3.05) is 19.6 Å². The Bertz CT molecular complexity index is 454. The molecule has 1 aliphatic rings. The molecular weight excluding hydrogens is 264 g/mol. The Morgan fingerprint density at radius 1 is 1.33 bits per heavy atom. The Labute approximate surface area is 127 Å². The van der Waals surface area contributed by atoms with Gasteiger partial charge in [-0.15, -0.1) is 0 Å². The zero-order valence-electron chi connectivity index (χ0n) is 13.1. The number of rotatable bonds is 7. The van der Waals surface area contributed by atoms with Crippen LogP contribution < -0.4 is 10.1 Å². The first-order valence-electron chi connectivity index (χ1n) is 7.89. The number of benzene rings is 1. The van der Waals surface area contributed by atoms with Gasteiger partial charge < -0.3 is 15.0 Å². The van der Waals surface area contributed by atoms with Gasteiger partial charge in [-0.3, -0.25) is 4.79 Å². The van der Waals surface area contributed by atoms with Gasteiger partial charge in [0.15, 0.2) is 0 Å². The van der Waals surface area contributed by atoms with Gasteiger partial charge in [0.2, 0.25) is 5.91 Å². The zero-order valence-corrected chi connectivity index (χ0v) is 13.1. The number of nitrogens with zero attached hydrogens (tertiary/aromatic N) is 1. The molecule has 0 aliphatic carbocycles. The summed E-state index contributed by atoms with van der Waals surface area (Å²) in [6.45, 7) is 7.41. The Kier molecular flexibility index (Phi) is 6.05. The van der Waals surface area contributed by atoms with Crippen molar-refractivity contribution in [3.8, 4) is 5.75 Å². The van der Waals surface area contributed by atoms with Gasteiger partial charge in [-0.05, 0) is 44.4 Å². The minimum absolute atomic E-state index is 0.186. The van der Waals surface area contributed by atoms with Crippen molar-refractivity contribution < 1.29 is 9.53 Å². The van der Waals surface area contributed by atoms with Crippen LogP contribution in [0.3, 0.4) is 0 Å². The summed E-state index contributed by atoms with van der Waals surface area (Å²) >= 11 is 0. The van der Waals surface area contributed by atoms with Crippen LogP contribution in [0.5, 0.6) is 5.75 Å². The molecule has 4 heteroatoms. The van der Waals surface area contributed by atoms with Crippen LogP contribution in [-0.2, 0) is 11.3 Å². The van der Waals surface area contributed by atoms with Crippen LogP contribution in [0.1, 0.15) is 38.7 Å². The number of carbonyl (C=O) groups is 1. The van der Waals surface area contributed by atoms with Gasteiger partial charge in [0.1, 0.15) is 5.75 Å². The smallest absolute Gasteiger partial charge is 0.223 e. The molecule has 21 heavy (non-hydrogen) atoms. The molecule has 0 aromatic heterocycles. The lowest BCUT2D eigenvalue weighted by atomic mass is 10.2. The number of hydrogen-bond acceptors (Lipinski definition) is 3. The first-order chi connectivity index (χ1) is 10.1. The third kappa shape index (κ3) is 5.38. The maximum absolute atomic E-state index is 11.9. The first-order valence-corrected chi connectivity index (χ1v) is 7.89. The molecule has 116 valence electrons. The monoisotopic (exact) mass is 290 g/mol. The highest BCUT2D eigenvalue weighted by Crippen LogP contribution is 2.14. The summed E-state index contributed by atoms with van der Waals surface area (Å²) < 4.78 is 5.68. The second kappa shape index (κ2) is 8.03. The molecule has 1 aromatic rings. The third-order valence-corrected chi connectivity index (χ3v) is 3.57. The van der Waals surface area contributed by atoms with Crippen molar-refractivity contribution >= 4 is 5.91 Å². The van der Waals surface area contributed by atoms with E-state index in [0.717, 1.165) is 44.8 Å². The van der Waals surface area contributed by atoms with E-state index in [4.69, 9.17) is 4.74 Å². The molecule has 0 radical (unpaired) electrons. The highest BCUT2D eigenvalue weighted by atomic mass is 16.5. The molecule has 1 aliphatic heterocycles. The molecule has 1 heterocycles. The average Bonchev–Trinajstić information content (AvgIpc) is 2.97. The van der Waals surface area contributed by atoms with Crippen molar-refractivity contribution in [3.05, 3.63) is 29.8 Å². The summed E-state index contributed by atoms with van der Waals surface area (Å²) in [6, 6.07) is 8.10. The predicted octanol–water partition coefficient (Wildman–Crippen LogP) is 2.58. The Morgan fingerprint density at radius 3 is 2.81 bits per heavy atom. The quantitative estimate of drug-likeness (QED) is 0.785. The van der Waals surface area contributed by atoms with Gasteiger partial charge in [0.25, 0.3) is 0 Å². The van der Waals surface area contributed by atoms with Crippen molar-refractivity contribution in [2.45, 2.75) is 45.8 Å². The fraction of sp³-hybridized carbons (Fsp3) is 0.588. The minimum Gasteiger partial charge on any atom is -0.491 e. The van der Waals surface area contributed by atoms with Crippen LogP contribution >= 0.6 is 0 Å². The van der Waals surface area contributed by atoms with Crippen molar-refractivity contribution in [1.29, 1.82) is 0 Å². The van der Waals surface area contributed by atoms with Crippen molar-refractivity contribution in [3.63, 3.8) is 0 Å². The molecule has 0 unspecified atom stereocenters. The van der Waals surface area contributed by atoms with Crippen LogP contribution in [-0.4, -0.2) is 36.5 Å². The fourth-order valence-corrected chi connectivity index (χ4v) is 2.55. The molecule has 0 saturated carbocycles. The molecular formula is C17H26N2O2. The number of ether oxygens (including phenoxy) is 1. The Hall–Kier alpha value is -1.55. The lowest BCUT2D eigenvalue weighted by Gasteiger charge is -2.15. The van der Waals surface area contributed by atoms with Crippen LogP contribution in [0, 0.1) is 0 Å². The molecule has 4 nitrogen and oxygen atoms in total. The van der Waals surface area contributed by atoms with E-state index in [1.54, 1.807) is 0 Å². The van der Waals surface area contributed by atoms with Crippen molar-refractivity contribution in [1.82, 2.24) is 10.2 Å². The number of amides is 1. The number of likely N-dealkylation sites (tertiary alicyclic amines) is 1. The van der Waals surface area contributed by atoms with Gasteiger partial charge in [-0.2, -0.15) is 0 Å². The van der Waals surface area contributed by atoms with Crippen LogP contribution in [0.25, 0.3) is 0 Å². The number of nitrogens with one attached hydrogen (secondary N) is 1. The number of carbonyl (C=O) groups excluding carboxylic acids is 1. The van der Waals surface area contributed by atoms with Gasteiger partial charge in [-0.25, -0.2) is 0 Å². The topological polar surface area (TPSA) is 41.6 Å². The second-order valence-corrected chi connectivity index (χ2v) is 5.83.